The van der Waals surface area contributed by atoms with Crippen molar-refractivity contribution in [1.82, 2.24) is 10.3 Å². The molecular weight excluding hydrogens is 360 g/mol. The highest BCUT2D eigenvalue weighted by atomic mass is 79.9. The fraction of sp³-hybridized carbons (Fsp3) is 0.294. The van der Waals surface area contributed by atoms with Gasteiger partial charge < -0.3 is 15.4 Å². The Morgan fingerprint density at radius 1 is 1.35 bits per heavy atom. The van der Waals surface area contributed by atoms with Gasteiger partial charge in [-0.1, -0.05) is 34.1 Å². The molecule has 1 heterocycles. The molecule has 23 heavy (non-hydrogen) atoms. The number of aromatic nitrogens is 1. The van der Waals surface area contributed by atoms with E-state index in [9.17, 15) is 14.7 Å². The second-order valence-electron chi connectivity index (χ2n) is 5.72. The van der Waals surface area contributed by atoms with E-state index in [-0.39, 0.29) is 18.2 Å². The summed E-state index contributed by atoms with van der Waals surface area (Å²) in [6.45, 7) is 0. The van der Waals surface area contributed by atoms with Gasteiger partial charge in [-0.2, -0.15) is 0 Å². The summed E-state index contributed by atoms with van der Waals surface area (Å²) >= 11 is 3.50. The maximum absolute atomic E-state index is 12.2. The third-order valence-electron chi connectivity index (χ3n) is 4.15. The van der Waals surface area contributed by atoms with E-state index in [2.05, 4.69) is 26.2 Å². The fourth-order valence-electron chi connectivity index (χ4n) is 2.91. The molecule has 1 aromatic carbocycles. The van der Waals surface area contributed by atoms with Crippen LogP contribution in [0.25, 0.3) is 10.9 Å². The van der Waals surface area contributed by atoms with E-state index in [4.69, 9.17) is 0 Å². The Morgan fingerprint density at radius 3 is 2.78 bits per heavy atom. The highest BCUT2D eigenvalue weighted by molar-refractivity contribution is 9.10. The number of carbonyl (C=O) groups excluding carboxylic acids is 1. The predicted molar refractivity (Wildman–Crippen MR) is 91.1 cm³/mol. The lowest BCUT2D eigenvalue weighted by molar-refractivity contribution is -0.142. The lowest BCUT2D eigenvalue weighted by Gasteiger charge is -2.17. The maximum Gasteiger partial charge on any atom is 0.326 e. The van der Waals surface area contributed by atoms with Gasteiger partial charge in [0, 0.05) is 33.9 Å². The summed E-state index contributed by atoms with van der Waals surface area (Å²) in [4.78, 5) is 26.9. The van der Waals surface area contributed by atoms with Gasteiger partial charge in [-0.15, -0.1) is 0 Å². The number of nitrogens with one attached hydrogen (secondary N) is 2. The second-order valence-corrected chi connectivity index (χ2v) is 6.57. The van der Waals surface area contributed by atoms with Crippen molar-refractivity contribution in [2.75, 3.05) is 0 Å². The summed E-state index contributed by atoms with van der Waals surface area (Å²) in [5.74, 6) is -1.36. The van der Waals surface area contributed by atoms with Crippen LogP contribution in [0.4, 0.5) is 0 Å². The summed E-state index contributed by atoms with van der Waals surface area (Å²) in [6, 6.07) is 4.82. The zero-order chi connectivity index (χ0) is 16.4. The SMILES string of the molecule is O=C(NC(Cc1c[nH]c2cccc(Br)c12)C(=O)O)C1CC=CC1. The Hall–Kier alpha value is -2.08. The molecule has 6 heteroatoms. The maximum atomic E-state index is 12.2. The van der Waals surface area contributed by atoms with Crippen LogP contribution in [0.2, 0.25) is 0 Å². The van der Waals surface area contributed by atoms with Crippen LogP contribution in [0.5, 0.6) is 0 Å². The highest BCUT2D eigenvalue weighted by Crippen LogP contribution is 2.28. The summed E-state index contributed by atoms with van der Waals surface area (Å²) in [5.41, 5.74) is 1.80. The Balaban J connectivity index is 1.79. The number of carboxylic acid groups (broad SMARTS) is 1. The Labute approximate surface area is 141 Å². The van der Waals surface area contributed by atoms with E-state index in [1.807, 2.05) is 30.4 Å². The van der Waals surface area contributed by atoms with Gasteiger partial charge >= 0.3 is 5.97 Å². The van der Waals surface area contributed by atoms with Crippen LogP contribution in [0.3, 0.4) is 0 Å². The number of H-pyrrole nitrogens is 1. The van der Waals surface area contributed by atoms with Crippen LogP contribution in [-0.2, 0) is 16.0 Å². The zero-order valence-corrected chi connectivity index (χ0v) is 14.0. The van der Waals surface area contributed by atoms with Crippen molar-refractivity contribution in [2.45, 2.75) is 25.3 Å². The minimum absolute atomic E-state index is 0.147. The first-order valence-electron chi connectivity index (χ1n) is 7.49. The first kappa shape index (κ1) is 15.8. The molecule has 1 amide bonds. The number of amides is 1. The lowest BCUT2D eigenvalue weighted by Crippen LogP contribution is -2.44. The lowest BCUT2D eigenvalue weighted by atomic mass is 10.0. The topological polar surface area (TPSA) is 82.2 Å². The van der Waals surface area contributed by atoms with E-state index < -0.39 is 12.0 Å². The number of halogens is 1. The first-order valence-corrected chi connectivity index (χ1v) is 8.28. The molecule has 3 rings (SSSR count). The largest absolute Gasteiger partial charge is 0.480 e. The van der Waals surface area contributed by atoms with Gasteiger partial charge in [0.05, 0.1) is 0 Å². The van der Waals surface area contributed by atoms with Crippen molar-refractivity contribution in [3.8, 4) is 0 Å². The Morgan fingerprint density at radius 2 is 2.09 bits per heavy atom. The molecule has 2 aromatic rings. The van der Waals surface area contributed by atoms with Crippen LogP contribution in [0.1, 0.15) is 18.4 Å². The van der Waals surface area contributed by atoms with Crippen molar-refractivity contribution >= 4 is 38.7 Å². The van der Waals surface area contributed by atoms with E-state index in [1.165, 1.54) is 0 Å². The number of allylic oxidation sites excluding steroid dienone is 2. The average Bonchev–Trinajstić information content (AvgIpc) is 3.16. The van der Waals surface area contributed by atoms with Gasteiger partial charge in [0.1, 0.15) is 6.04 Å². The number of hydrogen-bond donors (Lipinski definition) is 3. The minimum atomic E-state index is -1.02. The van der Waals surface area contributed by atoms with Gasteiger partial charge in [0.15, 0.2) is 0 Å². The van der Waals surface area contributed by atoms with E-state index in [1.54, 1.807) is 6.20 Å². The molecule has 1 aliphatic rings. The number of rotatable bonds is 5. The molecule has 0 spiro atoms. The second kappa shape index (κ2) is 6.58. The summed E-state index contributed by atoms with van der Waals surface area (Å²) in [7, 11) is 0. The van der Waals surface area contributed by atoms with E-state index in [0.717, 1.165) is 20.9 Å². The van der Waals surface area contributed by atoms with Crippen LogP contribution < -0.4 is 5.32 Å². The number of benzene rings is 1. The van der Waals surface area contributed by atoms with Gasteiger partial charge in [-0.25, -0.2) is 4.79 Å². The normalized spacial score (nSPS) is 15.9. The van der Waals surface area contributed by atoms with Crippen molar-refractivity contribution in [3.63, 3.8) is 0 Å². The molecule has 1 aromatic heterocycles. The van der Waals surface area contributed by atoms with Crippen molar-refractivity contribution in [2.24, 2.45) is 5.92 Å². The monoisotopic (exact) mass is 376 g/mol. The van der Waals surface area contributed by atoms with Crippen molar-refractivity contribution in [3.05, 3.63) is 46.6 Å². The number of aromatic amines is 1. The number of aliphatic carboxylic acids is 1. The summed E-state index contributed by atoms with van der Waals surface area (Å²) in [5, 5.41) is 13.1. The number of carboxylic acids is 1. The minimum Gasteiger partial charge on any atom is -0.480 e. The fourth-order valence-corrected chi connectivity index (χ4v) is 3.53. The van der Waals surface area contributed by atoms with Crippen LogP contribution in [0.15, 0.2) is 41.0 Å². The predicted octanol–water partition coefficient (Wildman–Crippen LogP) is 3.01. The van der Waals surface area contributed by atoms with Gasteiger partial charge in [0.25, 0.3) is 0 Å². The molecule has 5 nitrogen and oxygen atoms in total. The number of hydrogen-bond acceptors (Lipinski definition) is 2. The molecular formula is C17H17BrN2O3. The van der Waals surface area contributed by atoms with Gasteiger partial charge in [-0.3, -0.25) is 4.79 Å². The van der Waals surface area contributed by atoms with E-state index >= 15 is 0 Å². The van der Waals surface area contributed by atoms with Crippen molar-refractivity contribution < 1.29 is 14.7 Å². The highest BCUT2D eigenvalue weighted by Gasteiger charge is 2.26. The molecule has 1 unspecified atom stereocenters. The first-order chi connectivity index (χ1) is 11.1. The molecule has 3 N–H and O–H groups in total. The molecule has 0 bridgehead atoms. The smallest absolute Gasteiger partial charge is 0.326 e. The van der Waals surface area contributed by atoms with Crippen LogP contribution in [0, 0.1) is 5.92 Å². The molecule has 1 aliphatic carbocycles. The molecule has 0 saturated heterocycles. The molecule has 0 aliphatic heterocycles. The van der Waals surface area contributed by atoms with E-state index in [0.29, 0.717) is 12.8 Å². The molecule has 120 valence electrons. The summed E-state index contributed by atoms with van der Waals surface area (Å²) in [6.07, 6.45) is 7.31. The molecule has 0 fully saturated rings. The Kier molecular flexibility index (Phi) is 4.52. The number of fused-ring (bicyclic) bond motifs is 1. The van der Waals surface area contributed by atoms with Crippen molar-refractivity contribution in [1.29, 1.82) is 0 Å². The van der Waals surface area contributed by atoms with Crippen LogP contribution in [-0.4, -0.2) is 28.0 Å². The third-order valence-corrected chi connectivity index (χ3v) is 4.81. The van der Waals surface area contributed by atoms with Gasteiger partial charge in [-0.05, 0) is 30.5 Å². The number of carbonyl (C=O) groups is 2. The average molecular weight is 377 g/mol. The molecule has 0 saturated carbocycles. The summed E-state index contributed by atoms with van der Waals surface area (Å²) < 4.78 is 0.904. The standard InChI is InChI=1S/C17H17BrN2O3/c18-12-6-3-7-13-15(12)11(9-19-13)8-14(17(22)23)20-16(21)10-4-1-2-5-10/h1-3,6-7,9-10,14,19H,4-5,8H2,(H,20,21)(H,22,23). The van der Waals surface area contributed by atoms with Crippen LogP contribution >= 0.6 is 15.9 Å². The quantitative estimate of drug-likeness (QED) is 0.701. The van der Waals surface area contributed by atoms with Gasteiger partial charge in [0.2, 0.25) is 5.91 Å². The zero-order valence-electron chi connectivity index (χ0n) is 12.4. The molecule has 1 atom stereocenters. The third kappa shape index (κ3) is 3.32. The molecule has 0 radical (unpaired) electrons. The Bertz CT molecular complexity index is 773.